The highest BCUT2D eigenvalue weighted by molar-refractivity contribution is 7.13. The molecule has 0 spiro atoms. The van der Waals surface area contributed by atoms with Gasteiger partial charge in [-0.1, -0.05) is 27.7 Å². The zero-order valence-electron chi connectivity index (χ0n) is 13.2. The van der Waals surface area contributed by atoms with Gasteiger partial charge in [-0.05, 0) is 13.0 Å². The fourth-order valence-electron chi connectivity index (χ4n) is 2.22. The maximum absolute atomic E-state index is 12.4. The van der Waals surface area contributed by atoms with E-state index in [0.717, 1.165) is 18.7 Å². The molecule has 1 amide bonds. The van der Waals surface area contributed by atoms with Crippen LogP contribution in [0.15, 0.2) is 5.38 Å². The lowest BCUT2D eigenvalue weighted by molar-refractivity contribution is -0.120. The van der Waals surface area contributed by atoms with E-state index < -0.39 is 0 Å². The van der Waals surface area contributed by atoms with E-state index in [9.17, 15) is 4.79 Å². The monoisotopic (exact) mass is 311 g/mol. The van der Waals surface area contributed by atoms with Gasteiger partial charge in [-0.25, -0.2) is 4.98 Å². The third-order valence-corrected chi connectivity index (χ3v) is 4.33. The van der Waals surface area contributed by atoms with Gasteiger partial charge in [-0.15, -0.1) is 11.3 Å². The van der Waals surface area contributed by atoms with Crippen molar-refractivity contribution in [2.45, 2.75) is 45.6 Å². The van der Waals surface area contributed by atoms with Gasteiger partial charge in [-0.2, -0.15) is 0 Å². The Balaban J connectivity index is 1.96. The Morgan fingerprint density at radius 1 is 1.48 bits per heavy atom. The van der Waals surface area contributed by atoms with Crippen LogP contribution in [0.3, 0.4) is 0 Å². The normalized spacial score (nSPS) is 22.5. The summed E-state index contributed by atoms with van der Waals surface area (Å²) in [5, 5.41) is 8.99. The van der Waals surface area contributed by atoms with Crippen LogP contribution in [0.5, 0.6) is 0 Å². The Morgan fingerprint density at radius 3 is 2.86 bits per heavy atom. The van der Waals surface area contributed by atoms with Gasteiger partial charge < -0.3 is 15.4 Å². The molecule has 2 heterocycles. The van der Waals surface area contributed by atoms with Crippen molar-refractivity contribution in [3.05, 3.63) is 11.1 Å². The summed E-state index contributed by atoms with van der Waals surface area (Å²) in [4.78, 5) is 16.9. The molecule has 2 rings (SSSR count). The van der Waals surface area contributed by atoms with E-state index in [0.29, 0.717) is 18.3 Å². The van der Waals surface area contributed by atoms with Gasteiger partial charge in [-0.3, -0.25) is 4.79 Å². The molecule has 0 bridgehead atoms. The number of nitrogens with zero attached hydrogens (tertiary/aromatic N) is 1. The average Bonchev–Trinajstić information content (AvgIpc) is 3.03. The molecule has 2 atom stereocenters. The van der Waals surface area contributed by atoms with E-state index in [1.165, 1.54) is 11.3 Å². The minimum Gasteiger partial charge on any atom is -0.379 e. The quantitative estimate of drug-likeness (QED) is 0.876. The second-order valence-electron chi connectivity index (χ2n) is 6.48. The molecule has 2 unspecified atom stereocenters. The van der Waals surface area contributed by atoms with Crippen LogP contribution < -0.4 is 10.6 Å². The van der Waals surface area contributed by atoms with Crippen molar-refractivity contribution >= 4 is 22.4 Å². The minimum atomic E-state index is -0.140. The summed E-state index contributed by atoms with van der Waals surface area (Å²) in [5.74, 6) is -0.144. The predicted molar refractivity (Wildman–Crippen MR) is 85.8 cm³/mol. The number of hydrogen-bond acceptors (Lipinski definition) is 5. The summed E-state index contributed by atoms with van der Waals surface area (Å²) in [5.41, 5.74) is 1.01. The molecule has 1 aliphatic heterocycles. The number of anilines is 1. The molecular formula is C15H25N3O2S. The van der Waals surface area contributed by atoms with Crippen LogP contribution in [-0.4, -0.2) is 36.7 Å². The second kappa shape index (κ2) is 6.85. The first kappa shape index (κ1) is 16.4. The highest BCUT2D eigenvalue weighted by Crippen LogP contribution is 2.27. The first-order valence-corrected chi connectivity index (χ1v) is 8.37. The number of amides is 1. The zero-order chi connectivity index (χ0) is 15.5. The van der Waals surface area contributed by atoms with Crippen LogP contribution >= 0.6 is 11.3 Å². The van der Waals surface area contributed by atoms with E-state index in [1.807, 2.05) is 5.38 Å². The molecule has 2 N–H and O–H groups in total. The Bertz CT molecular complexity index is 482. The van der Waals surface area contributed by atoms with Crippen LogP contribution in [0.4, 0.5) is 5.13 Å². The van der Waals surface area contributed by atoms with Crippen molar-refractivity contribution in [3.8, 4) is 0 Å². The van der Waals surface area contributed by atoms with E-state index >= 15 is 0 Å². The molecule has 1 fully saturated rings. The van der Waals surface area contributed by atoms with Crippen LogP contribution in [-0.2, 0) is 14.9 Å². The summed E-state index contributed by atoms with van der Waals surface area (Å²) < 4.78 is 5.44. The minimum absolute atomic E-state index is 0.00115. The van der Waals surface area contributed by atoms with Gasteiger partial charge in [0.15, 0.2) is 5.13 Å². The van der Waals surface area contributed by atoms with Gasteiger partial charge in [0.1, 0.15) is 0 Å². The zero-order valence-corrected chi connectivity index (χ0v) is 14.0. The lowest BCUT2D eigenvalue weighted by Crippen LogP contribution is -2.41. The summed E-state index contributed by atoms with van der Waals surface area (Å²) in [6.07, 6.45) is 1.05. The van der Waals surface area contributed by atoms with Crippen LogP contribution in [0, 0.1) is 5.92 Å². The molecule has 21 heavy (non-hydrogen) atoms. The first-order valence-electron chi connectivity index (χ1n) is 7.50. The van der Waals surface area contributed by atoms with E-state index in [2.05, 4.69) is 43.3 Å². The van der Waals surface area contributed by atoms with Crippen molar-refractivity contribution in [2.24, 2.45) is 5.92 Å². The largest absolute Gasteiger partial charge is 0.379 e. The summed E-state index contributed by atoms with van der Waals surface area (Å²) in [6.45, 7) is 10.4. The van der Waals surface area contributed by atoms with Gasteiger partial charge in [0.05, 0.1) is 24.8 Å². The van der Waals surface area contributed by atoms with Gasteiger partial charge in [0, 0.05) is 16.8 Å². The Kier molecular flexibility index (Phi) is 5.35. The van der Waals surface area contributed by atoms with Crippen molar-refractivity contribution in [1.29, 1.82) is 0 Å². The highest BCUT2D eigenvalue weighted by atomic mass is 32.1. The van der Waals surface area contributed by atoms with E-state index in [-0.39, 0.29) is 23.3 Å². The average molecular weight is 311 g/mol. The van der Waals surface area contributed by atoms with Gasteiger partial charge >= 0.3 is 0 Å². The molecule has 1 aromatic heterocycles. The first-order chi connectivity index (χ1) is 9.91. The van der Waals surface area contributed by atoms with E-state index in [4.69, 9.17) is 4.74 Å². The lowest BCUT2D eigenvalue weighted by atomic mass is 9.93. The van der Waals surface area contributed by atoms with Crippen molar-refractivity contribution in [2.75, 3.05) is 25.1 Å². The van der Waals surface area contributed by atoms with Crippen LogP contribution in [0.25, 0.3) is 0 Å². The number of aromatic nitrogens is 1. The number of hydrogen-bond donors (Lipinski definition) is 2. The molecule has 0 radical (unpaired) electrons. The summed E-state index contributed by atoms with van der Waals surface area (Å²) >= 11 is 1.48. The lowest BCUT2D eigenvalue weighted by Gasteiger charge is -2.17. The maximum Gasteiger partial charge on any atom is 0.233 e. The van der Waals surface area contributed by atoms with Crippen LogP contribution in [0.2, 0.25) is 0 Å². The molecule has 1 aliphatic rings. The highest BCUT2D eigenvalue weighted by Gasteiger charge is 2.34. The van der Waals surface area contributed by atoms with Crippen molar-refractivity contribution < 1.29 is 9.53 Å². The summed E-state index contributed by atoms with van der Waals surface area (Å²) in [6, 6.07) is 0.104. The molecule has 1 saturated heterocycles. The standard InChI is InChI=1S/C15H25N3O2S/c1-5-6-16-11-8-20-7-10(11)13(19)18-14-17-12(9-21-14)15(2,3)4/h9-11,16H,5-8H2,1-4H3,(H,17,18,19). The van der Waals surface area contributed by atoms with Crippen LogP contribution in [0.1, 0.15) is 39.8 Å². The van der Waals surface area contributed by atoms with Gasteiger partial charge in [0.2, 0.25) is 5.91 Å². The topological polar surface area (TPSA) is 63.2 Å². The molecule has 6 heteroatoms. The number of carbonyl (C=O) groups excluding carboxylic acids is 1. The van der Waals surface area contributed by atoms with Crippen molar-refractivity contribution in [1.82, 2.24) is 10.3 Å². The molecule has 118 valence electrons. The number of rotatable bonds is 5. The third kappa shape index (κ3) is 4.25. The van der Waals surface area contributed by atoms with Gasteiger partial charge in [0.25, 0.3) is 0 Å². The maximum atomic E-state index is 12.4. The molecule has 1 aromatic rings. The Morgan fingerprint density at radius 2 is 2.24 bits per heavy atom. The number of nitrogens with one attached hydrogen (secondary N) is 2. The second-order valence-corrected chi connectivity index (χ2v) is 7.34. The van der Waals surface area contributed by atoms with E-state index in [1.54, 1.807) is 0 Å². The summed E-state index contributed by atoms with van der Waals surface area (Å²) in [7, 11) is 0. The number of ether oxygens (including phenoxy) is 1. The molecule has 0 aliphatic carbocycles. The third-order valence-electron chi connectivity index (χ3n) is 3.58. The predicted octanol–water partition coefficient (Wildman–Crippen LogP) is 2.39. The smallest absolute Gasteiger partial charge is 0.233 e. The Hall–Kier alpha value is -0.980. The number of carbonyl (C=O) groups is 1. The fraction of sp³-hybridized carbons (Fsp3) is 0.733. The SMILES string of the molecule is CCCNC1COCC1C(=O)Nc1nc(C(C)(C)C)cs1. The molecule has 5 nitrogen and oxygen atoms in total. The molecular weight excluding hydrogens is 286 g/mol. The number of thiazole rings is 1. The Labute approximate surface area is 130 Å². The fourth-order valence-corrected chi connectivity index (χ4v) is 3.16. The molecule has 0 aromatic carbocycles. The molecule has 0 saturated carbocycles. The van der Waals surface area contributed by atoms with Crippen molar-refractivity contribution in [3.63, 3.8) is 0 Å².